The molecule has 4 N–H and O–H groups in total. The number of fused-ring (bicyclic) bond motifs is 3. The van der Waals surface area contributed by atoms with E-state index in [1.807, 2.05) is 56.5 Å². The highest BCUT2D eigenvalue weighted by Gasteiger charge is 2.30. The van der Waals surface area contributed by atoms with Crippen LogP contribution in [0.3, 0.4) is 0 Å². The molecule has 0 radical (unpaired) electrons. The Morgan fingerprint density at radius 1 is 0.886 bits per heavy atom. The predicted octanol–water partition coefficient (Wildman–Crippen LogP) is 4.18. The highest BCUT2D eigenvalue weighted by Crippen LogP contribution is 2.32. The van der Waals surface area contributed by atoms with Crippen LogP contribution in [0.5, 0.6) is 0 Å². The Morgan fingerprint density at radius 3 is 1.86 bits per heavy atom. The van der Waals surface area contributed by atoms with E-state index >= 15 is 0 Å². The molecular formula is C25H32BCl2N3O4. The van der Waals surface area contributed by atoms with Gasteiger partial charge in [0.1, 0.15) is 12.6 Å². The molecule has 0 saturated heterocycles. The number of rotatable bonds is 10. The summed E-state index contributed by atoms with van der Waals surface area (Å²) in [4.78, 5) is 26.2. The van der Waals surface area contributed by atoms with Crippen LogP contribution >= 0.6 is 23.2 Å². The first-order valence-electron chi connectivity index (χ1n) is 11.8. The van der Waals surface area contributed by atoms with Gasteiger partial charge < -0.3 is 25.2 Å². The molecule has 7 nitrogen and oxygen atoms in total. The minimum atomic E-state index is -1.69. The average molecular weight is 520 g/mol. The molecule has 3 aromatic rings. The zero-order valence-corrected chi connectivity index (χ0v) is 21.9. The molecule has 0 saturated carbocycles. The summed E-state index contributed by atoms with van der Waals surface area (Å²) in [5.74, 6) is -1.31. The Morgan fingerprint density at radius 2 is 1.40 bits per heavy atom. The molecule has 0 aliphatic carbocycles. The number of nitrogens with zero attached hydrogens (tertiary/aromatic N) is 1. The number of hydrogen-bond donors (Lipinski definition) is 4. The van der Waals surface area contributed by atoms with Gasteiger partial charge in [0.05, 0.1) is 5.94 Å². The van der Waals surface area contributed by atoms with E-state index in [0.717, 1.165) is 21.8 Å². The summed E-state index contributed by atoms with van der Waals surface area (Å²) in [5, 5.41) is 27.9. The second-order valence-electron chi connectivity index (χ2n) is 9.82. The monoisotopic (exact) mass is 519 g/mol. The first-order chi connectivity index (χ1) is 16.5. The van der Waals surface area contributed by atoms with Crippen LogP contribution in [0.15, 0.2) is 36.4 Å². The molecule has 10 heteroatoms. The number of nitrogens with one attached hydrogen (secondary N) is 2. The van der Waals surface area contributed by atoms with Gasteiger partial charge in [0.15, 0.2) is 0 Å². The predicted molar refractivity (Wildman–Crippen MR) is 142 cm³/mol. The molecule has 2 aromatic carbocycles. The van der Waals surface area contributed by atoms with Crippen LogP contribution in [0, 0.1) is 11.8 Å². The van der Waals surface area contributed by atoms with E-state index in [1.165, 1.54) is 0 Å². The lowest BCUT2D eigenvalue weighted by Crippen LogP contribution is -2.55. The maximum atomic E-state index is 13.2. The maximum absolute atomic E-state index is 13.2. The number of aromatic nitrogens is 1. The van der Waals surface area contributed by atoms with Gasteiger partial charge in [0, 0.05) is 31.9 Å². The van der Waals surface area contributed by atoms with Gasteiger partial charge in [-0.1, -0.05) is 50.9 Å². The van der Waals surface area contributed by atoms with Crippen LogP contribution in [-0.4, -0.2) is 45.5 Å². The largest absolute Gasteiger partial charge is 0.475 e. The SMILES string of the molecule is CC(C)C[C@H](NC(=O)[C@H](CC(C)C)NC(=O)Cn1c2ccc(Cl)cc2c2cc(Cl)ccc21)B(O)O. The molecule has 3 rings (SSSR count). The molecule has 2 atom stereocenters. The Bertz CT molecular complexity index is 1150. The van der Waals surface area contributed by atoms with Gasteiger partial charge in [0.2, 0.25) is 11.8 Å². The average Bonchev–Trinajstić information content (AvgIpc) is 3.04. The van der Waals surface area contributed by atoms with E-state index in [4.69, 9.17) is 23.2 Å². The number of hydrogen-bond acceptors (Lipinski definition) is 4. The zero-order valence-electron chi connectivity index (χ0n) is 20.4. The third-order valence-electron chi connectivity index (χ3n) is 5.86. The lowest BCUT2D eigenvalue weighted by molar-refractivity contribution is -0.129. The lowest BCUT2D eigenvalue weighted by Gasteiger charge is -2.25. The summed E-state index contributed by atoms with van der Waals surface area (Å²) in [7, 11) is -1.69. The van der Waals surface area contributed by atoms with Crippen LogP contribution in [-0.2, 0) is 16.1 Å². The normalized spacial score (nSPS) is 13.4. The topological polar surface area (TPSA) is 104 Å². The van der Waals surface area contributed by atoms with E-state index in [2.05, 4.69) is 10.6 Å². The Kier molecular flexibility index (Phi) is 9.10. The van der Waals surface area contributed by atoms with E-state index < -0.39 is 25.0 Å². The summed E-state index contributed by atoms with van der Waals surface area (Å²) >= 11 is 12.4. The van der Waals surface area contributed by atoms with Crippen LogP contribution < -0.4 is 10.6 Å². The summed E-state index contributed by atoms with van der Waals surface area (Å²) in [6, 6.07) is 10.1. The summed E-state index contributed by atoms with van der Waals surface area (Å²) in [5.41, 5.74) is 1.65. The molecular weight excluding hydrogens is 488 g/mol. The minimum Gasteiger partial charge on any atom is -0.426 e. The molecule has 2 amide bonds. The number of benzene rings is 2. The molecule has 188 valence electrons. The fourth-order valence-corrected chi connectivity index (χ4v) is 4.70. The quantitative estimate of drug-likeness (QED) is 0.302. The van der Waals surface area contributed by atoms with Gasteiger partial charge in [-0.05, 0) is 61.1 Å². The van der Waals surface area contributed by atoms with Crippen molar-refractivity contribution in [3.8, 4) is 0 Å². The molecule has 35 heavy (non-hydrogen) atoms. The number of amides is 2. The molecule has 0 aliphatic heterocycles. The van der Waals surface area contributed by atoms with Crippen molar-refractivity contribution in [2.75, 3.05) is 0 Å². The smallest absolute Gasteiger partial charge is 0.426 e. The standard InChI is InChI=1S/C25H32BCl2N3O4/c1-14(2)9-20(25(33)30-23(26(34)35)10-15(3)4)29-24(32)13-31-21-7-5-16(27)11-18(21)19-12-17(28)6-8-22(19)31/h5-8,11-12,14-15,20,23,34-35H,9-10,13H2,1-4H3,(H,29,32)(H,30,33)/t20-,23-/m0/s1. The number of carbonyl (C=O) groups is 2. The van der Waals surface area contributed by atoms with Crippen molar-refractivity contribution in [3.05, 3.63) is 46.4 Å². The minimum absolute atomic E-state index is 0.0107. The summed E-state index contributed by atoms with van der Waals surface area (Å²) in [6.07, 6.45) is 0.810. The van der Waals surface area contributed by atoms with Crippen LogP contribution in [0.2, 0.25) is 10.0 Å². The first-order valence-corrected chi connectivity index (χ1v) is 12.5. The van der Waals surface area contributed by atoms with Crippen molar-refractivity contribution in [3.63, 3.8) is 0 Å². The number of carbonyl (C=O) groups excluding carboxylic acids is 2. The van der Waals surface area contributed by atoms with Crippen molar-refractivity contribution in [2.45, 2.75) is 59.1 Å². The van der Waals surface area contributed by atoms with E-state index in [-0.39, 0.29) is 24.3 Å². The Hall–Kier alpha value is -2.26. The van der Waals surface area contributed by atoms with Crippen LogP contribution in [0.1, 0.15) is 40.5 Å². The van der Waals surface area contributed by atoms with Gasteiger partial charge >= 0.3 is 7.12 Å². The summed E-state index contributed by atoms with van der Waals surface area (Å²) < 4.78 is 1.87. The van der Waals surface area contributed by atoms with Gasteiger partial charge in [-0.15, -0.1) is 0 Å². The van der Waals surface area contributed by atoms with Crippen LogP contribution in [0.25, 0.3) is 21.8 Å². The van der Waals surface area contributed by atoms with E-state index in [0.29, 0.717) is 22.9 Å². The highest BCUT2D eigenvalue weighted by atomic mass is 35.5. The van der Waals surface area contributed by atoms with E-state index in [9.17, 15) is 19.6 Å². The zero-order chi connectivity index (χ0) is 25.9. The van der Waals surface area contributed by atoms with Crippen molar-refractivity contribution in [2.24, 2.45) is 11.8 Å². The second-order valence-corrected chi connectivity index (χ2v) is 10.7. The summed E-state index contributed by atoms with van der Waals surface area (Å²) in [6.45, 7) is 7.77. The fourth-order valence-electron chi connectivity index (χ4n) is 4.35. The number of halogens is 2. The third-order valence-corrected chi connectivity index (χ3v) is 6.33. The highest BCUT2D eigenvalue weighted by molar-refractivity contribution is 6.43. The van der Waals surface area contributed by atoms with Crippen molar-refractivity contribution in [1.82, 2.24) is 15.2 Å². The molecule has 0 aliphatic rings. The van der Waals surface area contributed by atoms with E-state index in [1.54, 1.807) is 12.1 Å². The maximum Gasteiger partial charge on any atom is 0.475 e. The molecule has 1 heterocycles. The fraction of sp³-hybridized carbons (Fsp3) is 0.440. The molecule has 0 bridgehead atoms. The third kappa shape index (κ3) is 6.91. The van der Waals surface area contributed by atoms with Crippen molar-refractivity contribution < 1.29 is 19.6 Å². The van der Waals surface area contributed by atoms with Crippen LogP contribution in [0.4, 0.5) is 0 Å². The molecule has 0 unspecified atom stereocenters. The molecule has 1 aromatic heterocycles. The van der Waals surface area contributed by atoms with Crippen molar-refractivity contribution >= 4 is 63.9 Å². The molecule has 0 spiro atoms. The second kappa shape index (κ2) is 11.7. The Balaban J connectivity index is 1.85. The molecule has 0 fully saturated rings. The van der Waals surface area contributed by atoms with Gasteiger partial charge in [-0.2, -0.15) is 0 Å². The Labute approximate surface area is 215 Å². The lowest BCUT2D eigenvalue weighted by atomic mass is 9.75. The van der Waals surface area contributed by atoms with Gasteiger partial charge in [-0.3, -0.25) is 9.59 Å². The van der Waals surface area contributed by atoms with Gasteiger partial charge in [-0.25, -0.2) is 0 Å². The van der Waals surface area contributed by atoms with Crippen molar-refractivity contribution in [1.29, 1.82) is 0 Å². The first kappa shape index (κ1) is 27.3. The van der Waals surface area contributed by atoms with Gasteiger partial charge in [0.25, 0.3) is 0 Å².